The van der Waals surface area contributed by atoms with E-state index in [-0.39, 0.29) is 33.2 Å². The molecule has 0 bridgehead atoms. The topological polar surface area (TPSA) is 115 Å². The molecule has 0 unspecified atom stereocenters. The molecule has 2 aromatic heterocycles. The number of carbonyl (C=O) groups is 1. The lowest BCUT2D eigenvalue weighted by Gasteiger charge is -1.99. The van der Waals surface area contributed by atoms with Crippen molar-refractivity contribution in [2.24, 2.45) is 0 Å². The molecule has 12 heteroatoms. The third-order valence-electron chi connectivity index (χ3n) is 2.39. The predicted molar refractivity (Wildman–Crippen MR) is 79.9 cm³/mol. The van der Waals surface area contributed by atoms with E-state index in [4.69, 9.17) is 27.6 Å². The summed E-state index contributed by atoms with van der Waals surface area (Å²) >= 11 is 12.3. The summed E-state index contributed by atoms with van der Waals surface area (Å²) in [4.78, 5) is 12.0. The molecule has 2 heterocycles. The minimum absolute atomic E-state index is 0.0326. The molecule has 1 amide bonds. The van der Waals surface area contributed by atoms with E-state index in [1.54, 1.807) is 6.92 Å². The Bertz CT molecular complexity index is 787. The summed E-state index contributed by atoms with van der Waals surface area (Å²) in [5, 5.41) is 9.15. The Labute approximate surface area is 139 Å². The van der Waals surface area contributed by atoms with Crippen LogP contribution in [0.5, 0.6) is 0 Å². The molecule has 0 fully saturated rings. The lowest BCUT2D eigenvalue weighted by atomic mass is 10.4. The van der Waals surface area contributed by atoms with Crippen LogP contribution in [0.15, 0.2) is 9.64 Å². The Balaban J connectivity index is 2.02. The minimum atomic E-state index is -3.58. The first-order valence-electron chi connectivity index (χ1n) is 5.99. The second-order valence-corrected chi connectivity index (χ2v) is 7.58. The van der Waals surface area contributed by atoms with Crippen LogP contribution in [-0.2, 0) is 16.4 Å². The van der Waals surface area contributed by atoms with Crippen LogP contribution in [0.2, 0.25) is 10.2 Å². The lowest BCUT2D eigenvalue weighted by Crippen LogP contribution is -2.22. The molecule has 0 spiro atoms. The average Bonchev–Trinajstić information content (AvgIpc) is 3.05. The van der Waals surface area contributed by atoms with Crippen LogP contribution in [0, 0.1) is 0 Å². The largest absolute Gasteiger partial charge is 0.411 e. The maximum atomic E-state index is 11.9. The molecule has 1 N–H and O–H groups in total. The Morgan fingerprint density at radius 2 is 2.09 bits per heavy atom. The van der Waals surface area contributed by atoms with Crippen LogP contribution >= 0.6 is 34.7 Å². The summed E-state index contributed by atoms with van der Waals surface area (Å²) in [5.41, 5.74) is 0. The zero-order chi connectivity index (χ0) is 16.3. The highest BCUT2D eigenvalue weighted by Crippen LogP contribution is 2.28. The molecule has 120 valence electrons. The molecule has 0 aliphatic rings. The Kier molecular flexibility index (Phi) is 5.37. The van der Waals surface area contributed by atoms with Gasteiger partial charge in [0.2, 0.25) is 15.7 Å². The summed E-state index contributed by atoms with van der Waals surface area (Å²) in [6.07, 6.45) is 0.432. The second kappa shape index (κ2) is 6.90. The van der Waals surface area contributed by atoms with Crippen LogP contribution < -0.4 is 5.32 Å². The molecule has 0 aliphatic carbocycles. The highest BCUT2D eigenvalue weighted by Gasteiger charge is 2.22. The number of carbonyl (C=O) groups excluding carboxylic acids is 1. The smallest absolute Gasteiger partial charge is 0.335 e. The quantitative estimate of drug-likeness (QED) is 0.808. The standard InChI is InChI=1S/C10H10Cl2N4O4S2/c1-2-3-22(18,19)10-15-14-5(20-10)4-13-9(17)7-6(11)8(12)16-21-7/h2-4H2,1H3,(H,13,17). The van der Waals surface area contributed by atoms with Crippen LogP contribution in [0.1, 0.15) is 28.9 Å². The summed E-state index contributed by atoms with van der Waals surface area (Å²) in [5.74, 6) is -0.643. The van der Waals surface area contributed by atoms with Gasteiger partial charge in [0.15, 0.2) is 5.15 Å². The highest BCUT2D eigenvalue weighted by atomic mass is 35.5. The number of sulfone groups is 1. The van der Waals surface area contributed by atoms with E-state index in [2.05, 4.69) is 19.9 Å². The van der Waals surface area contributed by atoms with Crippen molar-refractivity contribution >= 4 is 50.5 Å². The maximum Gasteiger partial charge on any atom is 0.335 e. The fourth-order valence-corrected chi connectivity index (χ4v) is 3.66. The SMILES string of the molecule is CCCS(=O)(=O)c1nnc(CNC(=O)c2snc(Cl)c2Cl)o1. The van der Waals surface area contributed by atoms with Crippen molar-refractivity contribution in [2.75, 3.05) is 5.75 Å². The minimum Gasteiger partial charge on any atom is -0.411 e. The van der Waals surface area contributed by atoms with Gasteiger partial charge in [-0.15, -0.1) is 5.10 Å². The van der Waals surface area contributed by atoms with Gasteiger partial charge >= 0.3 is 5.22 Å². The van der Waals surface area contributed by atoms with Gasteiger partial charge in [0.25, 0.3) is 5.91 Å². The van der Waals surface area contributed by atoms with Crippen molar-refractivity contribution in [3.8, 4) is 0 Å². The van der Waals surface area contributed by atoms with E-state index in [0.29, 0.717) is 6.42 Å². The van der Waals surface area contributed by atoms with Gasteiger partial charge in [-0.2, -0.15) is 4.37 Å². The fraction of sp³-hybridized carbons (Fsp3) is 0.400. The summed E-state index contributed by atoms with van der Waals surface area (Å²) < 4.78 is 32.2. The Morgan fingerprint density at radius 1 is 1.36 bits per heavy atom. The first-order valence-corrected chi connectivity index (χ1v) is 9.17. The normalized spacial score (nSPS) is 11.6. The second-order valence-electron chi connectivity index (χ2n) is 4.08. The molecule has 0 saturated heterocycles. The van der Waals surface area contributed by atoms with Gasteiger partial charge in [-0.25, -0.2) is 8.42 Å². The van der Waals surface area contributed by atoms with E-state index < -0.39 is 21.0 Å². The van der Waals surface area contributed by atoms with Crippen molar-refractivity contribution in [1.82, 2.24) is 19.9 Å². The van der Waals surface area contributed by atoms with E-state index in [9.17, 15) is 13.2 Å². The average molecular weight is 385 g/mol. The number of hydrogen-bond acceptors (Lipinski definition) is 8. The molecule has 0 atom stereocenters. The van der Waals surface area contributed by atoms with Crippen LogP contribution in [0.25, 0.3) is 0 Å². The molecule has 22 heavy (non-hydrogen) atoms. The monoisotopic (exact) mass is 384 g/mol. The zero-order valence-electron chi connectivity index (χ0n) is 11.2. The number of halogens is 2. The lowest BCUT2D eigenvalue weighted by molar-refractivity contribution is 0.0951. The van der Waals surface area contributed by atoms with Gasteiger partial charge in [-0.3, -0.25) is 4.79 Å². The molecule has 0 aromatic carbocycles. The van der Waals surface area contributed by atoms with Crippen molar-refractivity contribution in [2.45, 2.75) is 25.1 Å². The number of nitrogens with zero attached hydrogens (tertiary/aromatic N) is 3. The van der Waals surface area contributed by atoms with E-state index in [0.717, 1.165) is 11.5 Å². The maximum absolute atomic E-state index is 11.9. The number of amides is 1. The van der Waals surface area contributed by atoms with Crippen LogP contribution in [-0.4, -0.2) is 34.6 Å². The highest BCUT2D eigenvalue weighted by molar-refractivity contribution is 7.91. The summed E-state index contributed by atoms with van der Waals surface area (Å²) in [6.45, 7) is 1.58. The fourth-order valence-electron chi connectivity index (χ4n) is 1.43. The zero-order valence-corrected chi connectivity index (χ0v) is 14.3. The predicted octanol–water partition coefficient (Wildman–Crippen LogP) is 1.95. The number of nitrogens with one attached hydrogen (secondary N) is 1. The first-order chi connectivity index (χ1) is 10.3. The van der Waals surface area contributed by atoms with Gasteiger partial charge in [0, 0.05) is 0 Å². The third-order valence-corrected chi connectivity index (χ3v) is 5.83. The van der Waals surface area contributed by atoms with Crippen molar-refractivity contribution in [3.63, 3.8) is 0 Å². The summed E-state index contributed by atoms with van der Waals surface area (Å²) in [6, 6.07) is 0. The molecule has 0 saturated carbocycles. The first kappa shape index (κ1) is 17.1. The Hall–Kier alpha value is -1.23. The van der Waals surface area contributed by atoms with Gasteiger partial charge < -0.3 is 9.73 Å². The molecule has 2 rings (SSSR count). The number of hydrogen-bond donors (Lipinski definition) is 1. The Morgan fingerprint density at radius 3 is 2.68 bits per heavy atom. The van der Waals surface area contributed by atoms with Crippen LogP contribution in [0.3, 0.4) is 0 Å². The molecule has 0 aliphatic heterocycles. The summed E-state index contributed by atoms with van der Waals surface area (Å²) in [7, 11) is -3.58. The van der Waals surface area contributed by atoms with E-state index in [1.807, 2.05) is 0 Å². The molecular formula is C10H10Cl2N4O4S2. The molecule has 0 radical (unpaired) electrons. The van der Waals surface area contributed by atoms with Gasteiger partial charge in [0.05, 0.1) is 12.3 Å². The molecule has 2 aromatic rings. The van der Waals surface area contributed by atoms with Crippen molar-refractivity contribution < 1.29 is 17.6 Å². The third kappa shape index (κ3) is 3.75. The van der Waals surface area contributed by atoms with Crippen molar-refractivity contribution in [3.05, 3.63) is 20.9 Å². The van der Waals surface area contributed by atoms with Crippen LogP contribution in [0.4, 0.5) is 0 Å². The van der Waals surface area contributed by atoms with Gasteiger partial charge in [-0.1, -0.05) is 35.2 Å². The van der Waals surface area contributed by atoms with Crippen molar-refractivity contribution in [1.29, 1.82) is 0 Å². The molecule has 8 nitrogen and oxygen atoms in total. The van der Waals surface area contributed by atoms with Gasteiger partial charge in [-0.05, 0) is 18.0 Å². The number of rotatable bonds is 6. The van der Waals surface area contributed by atoms with Gasteiger partial charge in [0.1, 0.15) is 9.90 Å². The number of aromatic nitrogens is 3. The molecular weight excluding hydrogens is 375 g/mol. The van der Waals surface area contributed by atoms with E-state index in [1.165, 1.54) is 0 Å². The van der Waals surface area contributed by atoms with E-state index >= 15 is 0 Å².